The Labute approximate surface area is 242 Å². The highest BCUT2D eigenvalue weighted by atomic mass is 19.1. The fraction of sp³-hybridized carbons (Fsp3) is 0.429. The van der Waals surface area contributed by atoms with E-state index in [1.807, 2.05) is 26.0 Å². The monoisotopic (exact) mass is 544 g/mol. The topological polar surface area (TPSA) is 30.5 Å². The lowest BCUT2D eigenvalue weighted by Gasteiger charge is -2.32. The number of hydrogen-bond donors (Lipinski definition) is 2. The smallest absolute Gasteiger partial charge is 0.123 e. The van der Waals surface area contributed by atoms with E-state index < -0.39 is 0 Å². The molecule has 0 amide bonds. The molecule has 2 heterocycles. The van der Waals surface area contributed by atoms with E-state index in [1.165, 1.54) is 42.5 Å². The number of benzene rings is 2. The number of halogens is 1. The van der Waals surface area contributed by atoms with Crippen LogP contribution >= 0.6 is 0 Å². The predicted octanol–water partition coefficient (Wildman–Crippen LogP) is 8.00. The fourth-order valence-corrected chi connectivity index (χ4v) is 5.56. The van der Waals surface area contributed by atoms with Crippen molar-refractivity contribution in [3.63, 3.8) is 0 Å². The largest absolute Gasteiger partial charge is 0.382 e. The molecular formula is C35H49FN4. The highest BCUT2D eigenvalue weighted by Crippen LogP contribution is 2.38. The van der Waals surface area contributed by atoms with Crippen molar-refractivity contribution < 1.29 is 4.39 Å². The molecule has 0 bridgehead atoms. The van der Waals surface area contributed by atoms with Crippen LogP contribution in [0, 0.1) is 12.7 Å². The van der Waals surface area contributed by atoms with Gasteiger partial charge in [0.2, 0.25) is 0 Å². The third-order valence-corrected chi connectivity index (χ3v) is 7.90. The lowest BCUT2D eigenvalue weighted by atomic mass is 9.90. The van der Waals surface area contributed by atoms with Gasteiger partial charge < -0.3 is 20.4 Å². The Morgan fingerprint density at radius 3 is 2.42 bits per heavy atom. The fourth-order valence-electron chi connectivity index (χ4n) is 5.56. The maximum atomic E-state index is 13.2. The molecule has 2 N–H and O–H groups in total. The van der Waals surface area contributed by atoms with E-state index in [0.29, 0.717) is 12.6 Å². The van der Waals surface area contributed by atoms with Crippen LogP contribution in [-0.4, -0.2) is 48.6 Å². The molecule has 0 radical (unpaired) electrons. The Kier molecular flexibility index (Phi) is 11.6. The minimum atomic E-state index is -0.204. The van der Waals surface area contributed by atoms with Crippen LogP contribution in [0.3, 0.4) is 0 Å². The van der Waals surface area contributed by atoms with Crippen LogP contribution in [0.1, 0.15) is 69.2 Å². The third-order valence-electron chi connectivity index (χ3n) is 7.90. The Morgan fingerprint density at radius 2 is 1.77 bits per heavy atom. The first-order valence-electron chi connectivity index (χ1n) is 14.9. The van der Waals surface area contributed by atoms with Gasteiger partial charge in [-0.25, -0.2) is 4.39 Å². The normalized spacial score (nSPS) is 17.3. The number of piperidine rings is 1. The molecule has 0 aliphatic carbocycles. The van der Waals surface area contributed by atoms with E-state index in [4.69, 9.17) is 0 Å². The maximum absolute atomic E-state index is 13.2. The maximum Gasteiger partial charge on any atom is 0.123 e. The number of allylic oxidation sites excluding steroid dienone is 2. The number of aryl methyl sites for hydroxylation is 1. The Morgan fingerprint density at radius 1 is 1.10 bits per heavy atom. The SMILES string of the molecule is C=C(C(=C)N1CCCCC1)/C(=C/C)c1cc2c(cc1C)NCC(C)N(CCNCc1ccc(F)cc1)C2=C.CC. The molecule has 4 rings (SSSR count). The van der Waals surface area contributed by atoms with Gasteiger partial charge in [0.15, 0.2) is 0 Å². The van der Waals surface area contributed by atoms with E-state index in [0.717, 1.165) is 72.1 Å². The summed E-state index contributed by atoms with van der Waals surface area (Å²) in [5, 5.41) is 7.16. The van der Waals surface area contributed by atoms with Gasteiger partial charge in [0.05, 0.1) is 0 Å². The summed E-state index contributed by atoms with van der Waals surface area (Å²) in [4.78, 5) is 4.77. The second-order valence-corrected chi connectivity index (χ2v) is 10.6. The summed E-state index contributed by atoms with van der Waals surface area (Å²) in [7, 11) is 0. The molecule has 5 heteroatoms. The van der Waals surface area contributed by atoms with Gasteiger partial charge in [-0.3, -0.25) is 0 Å². The van der Waals surface area contributed by atoms with Crippen LogP contribution in [0.4, 0.5) is 10.1 Å². The van der Waals surface area contributed by atoms with Crippen LogP contribution in [0.25, 0.3) is 11.3 Å². The Balaban J connectivity index is 0.00000216. The Bertz CT molecular complexity index is 1200. The second kappa shape index (κ2) is 14.9. The molecule has 40 heavy (non-hydrogen) atoms. The number of hydrogen-bond acceptors (Lipinski definition) is 4. The van der Waals surface area contributed by atoms with E-state index in [2.05, 4.69) is 79.2 Å². The first-order valence-corrected chi connectivity index (χ1v) is 14.9. The molecule has 2 aromatic rings. The first kappa shape index (κ1) is 31.2. The summed E-state index contributed by atoms with van der Waals surface area (Å²) in [5.41, 5.74) is 9.92. The van der Waals surface area contributed by atoms with Crippen LogP contribution in [0.2, 0.25) is 0 Å². The van der Waals surface area contributed by atoms with E-state index >= 15 is 0 Å². The van der Waals surface area contributed by atoms with Crippen molar-refractivity contribution in [2.75, 3.05) is 38.0 Å². The van der Waals surface area contributed by atoms with Crippen molar-refractivity contribution in [2.45, 2.75) is 66.5 Å². The van der Waals surface area contributed by atoms with Gasteiger partial charge in [-0.05, 0) is 92.1 Å². The molecule has 1 atom stereocenters. The number of fused-ring (bicyclic) bond motifs is 1. The number of nitrogens with one attached hydrogen (secondary N) is 2. The van der Waals surface area contributed by atoms with Crippen molar-refractivity contribution in [3.8, 4) is 0 Å². The second-order valence-electron chi connectivity index (χ2n) is 10.6. The highest BCUT2D eigenvalue weighted by Gasteiger charge is 2.25. The summed E-state index contributed by atoms with van der Waals surface area (Å²) in [6.07, 6.45) is 5.89. The molecule has 2 aromatic carbocycles. The van der Waals surface area contributed by atoms with E-state index in [9.17, 15) is 4.39 Å². The van der Waals surface area contributed by atoms with Gasteiger partial charge in [0.25, 0.3) is 0 Å². The quantitative estimate of drug-likeness (QED) is 0.247. The average Bonchev–Trinajstić information content (AvgIpc) is 3.09. The molecule has 0 saturated carbocycles. The Hall–Kier alpha value is -3.31. The third kappa shape index (κ3) is 7.45. The average molecular weight is 545 g/mol. The number of nitrogens with zero attached hydrogens (tertiary/aromatic N) is 2. The van der Waals surface area contributed by atoms with Crippen LogP contribution in [0.5, 0.6) is 0 Å². The molecule has 0 aromatic heterocycles. The zero-order valence-corrected chi connectivity index (χ0v) is 25.4. The van der Waals surface area contributed by atoms with Gasteiger partial charge in [0, 0.05) is 68.0 Å². The van der Waals surface area contributed by atoms with Crippen LogP contribution in [-0.2, 0) is 6.54 Å². The van der Waals surface area contributed by atoms with Crippen molar-refractivity contribution in [1.82, 2.24) is 15.1 Å². The molecular weight excluding hydrogens is 495 g/mol. The van der Waals surface area contributed by atoms with Crippen LogP contribution in [0.15, 0.2) is 73.5 Å². The minimum Gasteiger partial charge on any atom is -0.382 e. The van der Waals surface area contributed by atoms with Gasteiger partial charge in [-0.2, -0.15) is 0 Å². The predicted molar refractivity (Wildman–Crippen MR) is 172 cm³/mol. The molecule has 216 valence electrons. The molecule has 1 unspecified atom stereocenters. The van der Waals surface area contributed by atoms with Crippen molar-refractivity contribution in [2.24, 2.45) is 0 Å². The van der Waals surface area contributed by atoms with Gasteiger partial charge in [-0.15, -0.1) is 0 Å². The minimum absolute atomic E-state index is 0.204. The molecule has 1 saturated heterocycles. The van der Waals surface area contributed by atoms with Gasteiger partial charge in [-0.1, -0.05) is 51.8 Å². The molecule has 2 aliphatic heterocycles. The molecule has 1 fully saturated rings. The number of rotatable bonds is 9. The standard InChI is InChI=1S/C33H43FN4.C2H6/c1-7-30(25(4)26(5)37-16-9-8-10-17-37)31-20-32-27(6)38(24(3)21-36-33(32)19-23(31)2)18-15-35-22-28-11-13-29(34)14-12-28;1-2/h7,11-14,19-20,24,35-36H,4-6,8-10,15-18,21-22H2,1-3H3;1-2H3/b30-7-;. The lowest BCUT2D eigenvalue weighted by Crippen LogP contribution is -2.38. The summed E-state index contributed by atoms with van der Waals surface area (Å²) in [6.45, 7) is 29.3. The zero-order chi connectivity index (χ0) is 29.2. The summed E-state index contributed by atoms with van der Waals surface area (Å²) in [6, 6.07) is 11.5. The number of anilines is 1. The van der Waals surface area contributed by atoms with Gasteiger partial charge >= 0.3 is 0 Å². The van der Waals surface area contributed by atoms with Crippen molar-refractivity contribution >= 4 is 17.0 Å². The summed E-state index contributed by atoms with van der Waals surface area (Å²) >= 11 is 0. The summed E-state index contributed by atoms with van der Waals surface area (Å²) < 4.78 is 13.2. The lowest BCUT2D eigenvalue weighted by molar-refractivity contribution is 0.292. The number of likely N-dealkylation sites (tertiary alicyclic amines) is 1. The van der Waals surface area contributed by atoms with E-state index in [-0.39, 0.29) is 5.82 Å². The van der Waals surface area contributed by atoms with Crippen LogP contribution < -0.4 is 10.6 Å². The first-order chi connectivity index (χ1) is 19.3. The zero-order valence-electron chi connectivity index (χ0n) is 25.4. The molecule has 4 nitrogen and oxygen atoms in total. The van der Waals surface area contributed by atoms with Crippen molar-refractivity contribution in [3.05, 3.63) is 102 Å². The molecule has 0 spiro atoms. The highest BCUT2D eigenvalue weighted by molar-refractivity contribution is 5.88. The van der Waals surface area contributed by atoms with Gasteiger partial charge in [0.1, 0.15) is 5.82 Å². The summed E-state index contributed by atoms with van der Waals surface area (Å²) in [5.74, 6) is -0.204. The van der Waals surface area contributed by atoms with E-state index in [1.54, 1.807) is 0 Å². The molecule has 2 aliphatic rings. The van der Waals surface area contributed by atoms with Crippen molar-refractivity contribution in [1.29, 1.82) is 0 Å².